The molecule has 3 rings (SSSR count). The fourth-order valence-corrected chi connectivity index (χ4v) is 3.11. The van der Waals surface area contributed by atoms with E-state index in [9.17, 15) is 27.1 Å². The van der Waals surface area contributed by atoms with Crippen LogP contribution in [0, 0.1) is 5.82 Å². The maximum Gasteiger partial charge on any atom is 0.418 e. The summed E-state index contributed by atoms with van der Waals surface area (Å²) in [5.74, 6) is -0.705. The molecule has 2 atom stereocenters. The topological polar surface area (TPSA) is 25.2 Å². The van der Waals surface area contributed by atoms with Gasteiger partial charge in [-0.2, -0.15) is 13.2 Å². The average Bonchev–Trinajstić information content (AvgIpc) is 2.82. The molecule has 124 valence electrons. The summed E-state index contributed by atoms with van der Waals surface area (Å²) in [5.41, 5.74) is -1.41. The smallest absolute Gasteiger partial charge is 0.385 e. The summed E-state index contributed by atoms with van der Waals surface area (Å²) in [6.45, 7) is 0. The van der Waals surface area contributed by atoms with E-state index in [1.807, 2.05) is 0 Å². The van der Waals surface area contributed by atoms with Gasteiger partial charge in [-0.25, -0.2) is 8.78 Å². The number of rotatable bonds is 1. The monoisotopic (exact) mass is 351 g/mol. The van der Waals surface area contributed by atoms with Crippen molar-refractivity contribution in [2.24, 2.45) is 0 Å². The van der Waals surface area contributed by atoms with Gasteiger partial charge in [0.1, 0.15) is 18.1 Å². The van der Waals surface area contributed by atoms with Gasteiger partial charge in [-0.15, -0.1) is 0 Å². The Morgan fingerprint density at radius 1 is 1.22 bits per heavy atom. The minimum absolute atomic E-state index is 0.00221. The van der Waals surface area contributed by atoms with Crippen LogP contribution in [0.3, 0.4) is 0 Å². The minimum atomic E-state index is -4.76. The van der Waals surface area contributed by atoms with Gasteiger partial charge in [0.2, 0.25) is 0 Å². The van der Waals surface area contributed by atoms with Crippen molar-refractivity contribution in [1.29, 1.82) is 0 Å². The molecular formula is C15H11ClF5NO. The first-order valence-electron chi connectivity index (χ1n) is 6.78. The molecule has 2 aromatic rings. The Morgan fingerprint density at radius 3 is 2.52 bits per heavy atom. The third-order valence-corrected chi connectivity index (χ3v) is 4.09. The third-order valence-electron chi connectivity index (χ3n) is 3.88. The number of benzene rings is 1. The molecule has 0 saturated carbocycles. The van der Waals surface area contributed by atoms with Crippen LogP contribution in [-0.2, 0) is 12.6 Å². The zero-order valence-electron chi connectivity index (χ0n) is 11.5. The molecule has 0 amide bonds. The van der Waals surface area contributed by atoms with Crippen LogP contribution in [0.15, 0.2) is 24.4 Å². The Bertz CT molecular complexity index is 735. The van der Waals surface area contributed by atoms with E-state index in [2.05, 4.69) is 0 Å². The molecule has 0 radical (unpaired) electrons. The van der Waals surface area contributed by atoms with Crippen molar-refractivity contribution in [3.63, 3.8) is 0 Å². The molecule has 2 nitrogen and oxygen atoms in total. The van der Waals surface area contributed by atoms with E-state index in [-0.39, 0.29) is 29.2 Å². The van der Waals surface area contributed by atoms with Crippen LogP contribution in [0.2, 0.25) is 5.02 Å². The second-order valence-corrected chi connectivity index (χ2v) is 5.83. The van der Waals surface area contributed by atoms with Gasteiger partial charge in [0, 0.05) is 28.2 Å². The van der Waals surface area contributed by atoms with Crippen molar-refractivity contribution in [3.8, 4) is 5.69 Å². The van der Waals surface area contributed by atoms with Gasteiger partial charge >= 0.3 is 6.18 Å². The number of nitrogens with zero attached hydrogens (tertiary/aromatic N) is 1. The van der Waals surface area contributed by atoms with Crippen LogP contribution in [0.1, 0.15) is 29.3 Å². The molecule has 1 heterocycles. The van der Waals surface area contributed by atoms with Gasteiger partial charge in [-0.05, 0) is 31.0 Å². The first kappa shape index (κ1) is 16.3. The Labute approximate surface area is 133 Å². The highest BCUT2D eigenvalue weighted by molar-refractivity contribution is 6.30. The summed E-state index contributed by atoms with van der Waals surface area (Å²) in [6, 6.07) is 3.36. The number of alkyl halides is 4. The molecule has 1 aromatic heterocycles. The fraction of sp³-hybridized carbons (Fsp3) is 0.333. The van der Waals surface area contributed by atoms with Gasteiger partial charge in [-0.3, -0.25) is 0 Å². The largest absolute Gasteiger partial charge is 0.418 e. The Hall–Kier alpha value is -1.60. The van der Waals surface area contributed by atoms with E-state index in [0.717, 1.165) is 22.9 Å². The number of halogens is 6. The maximum atomic E-state index is 13.7. The Balaban J connectivity index is 2.25. The van der Waals surface area contributed by atoms with Crippen LogP contribution in [0.4, 0.5) is 22.0 Å². The van der Waals surface area contributed by atoms with Crippen LogP contribution >= 0.6 is 11.6 Å². The van der Waals surface area contributed by atoms with E-state index in [4.69, 9.17) is 11.6 Å². The number of fused-ring (bicyclic) bond motifs is 1. The molecule has 0 aliphatic heterocycles. The number of aliphatic hydroxyl groups excluding tert-OH is 1. The molecule has 23 heavy (non-hydrogen) atoms. The molecule has 2 unspecified atom stereocenters. The summed E-state index contributed by atoms with van der Waals surface area (Å²) in [5, 5.41) is 9.88. The van der Waals surface area contributed by atoms with Crippen molar-refractivity contribution in [1.82, 2.24) is 4.57 Å². The predicted molar refractivity (Wildman–Crippen MR) is 73.9 cm³/mol. The molecule has 0 fully saturated rings. The van der Waals surface area contributed by atoms with E-state index < -0.39 is 35.4 Å². The Morgan fingerprint density at radius 2 is 1.91 bits per heavy atom. The standard InChI is InChI=1S/C15H11ClF5NO/c16-7-3-8(17)5-9(4-7)22-6-10(15(19,20)21)13-12(22)2-1-11(18)14(13)23/h3-6,11,14,23H,1-2H2. The second kappa shape index (κ2) is 5.49. The summed E-state index contributed by atoms with van der Waals surface area (Å²) in [4.78, 5) is 0. The molecule has 0 bridgehead atoms. The number of hydrogen-bond donors (Lipinski definition) is 1. The van der Waals surface area contributed by atoms with Crippen LogP contribution in [0.25, 0.3) is 5.69 Å². The van der Waals surface area contributed by atoms with Gasteiger partial charge in [0.25, 0.3) is 0 Å². The predicted octanol–water partition coefficient (Wildman–Crippen LogP) is 4.61. The minimum Gasteiger partial charge on any atom is -0.385 e. The number of aromatic nitrogens is 1. The highest BCUT2D eigenvalue weighted by atomic mass is 35.5. The van der Waals surface area contributed by atoms with Crippen molar-refractivity contribution in [3.05, 3.63) is 52.1 Å². The quantitative estimate of drug-likeness (QED) is 0.746. The first-order valence-corrected chi connectivity index (χ1v) is 7.16. The number of aliphatic hydroxyl groups is 1. The molecule has 0 saturated heterocycles. The normalized spacial score (nSPS) is 21.3. The summed E-state index contributed by atoms with van der Waals surface area (Å²) < 4.78 is 67.9. The van der Waals surface area contributed by atoms with E-state index in [0.29, 0.717) is 0 Å². The van der Waals surface area contributed by atoms with Gasteiger partial charge in [0.15, 0.2) is 0 Å². The van der Waals surface area contributed by atoms with Gasteiger partial charge in [0.05, 0.1) is 5.56 Å². The lowest BCUT2D eigenvalue weighted by atomic mass is 9.90. The summed E-state index contributed by atoms with van der Waals surface area (Å²) in [6.07, 6.45) is -7.76. The van der Waals surface area contributed by atoms with Crippen LogP contribution < -0.4 is 0 Å². The van der Waals surface area contributed by atoms with Crippen molar-refractivity contribution in [2.75, 3.05) is 0 Å². The lowest BCUT2D eigenvalue weighted by Crippen LogP contribution is -2.24. The van der Waals surface area contributed by atoms with Gasteiger partial charge < -0.3 is 9.67 Å². The van der Waals surface area contributed by atoms with Crippen LogP contribution in [0.5, 0.6) is 0 Å². The highest BCUT2D eigenvalue weighted by Gasteiger charge is 2.42. The van der Waals surface area contributed by atoms with E-state index in [1.54, 1.807) is 0 Å². The van der Waals surface area contributed by atoms with Crippen molar-refractivity contribution < 1.29 is 27.1 Å². The Kier molecular flexibility index (Phi) is 3.88. The van der Waals surface area contributed by atoms with Crippen LogP contribution in [-0.4, -0.2) is 15.8 Å². The number of hydrogen-bond acceptors (Lipinski definition) is 1. The second-order valence-electron chi connectivity index (χ2n) is 5.40. The molecule has 1 aliphatic carbocycles. The molecule has 1 N–H and O–H groups in total. The lowest BCUT2D eigenvalue weighted by Gasteiger charge is -2.25. The van der Waals surface area contributed by atoms with E-state index in [1.165, 1.54) is 6.07 Å². The van der Waals surface area contributed by atoms with E-state index >= 15 is 0 Å². The zero-order chi connectivity index (χ0) is 16.9. The summed E-state index contributed by atoms with van der Waals surface area (Å²) >= 11 is 5.75. The lowest BCUT2D eigenvalue weighted by molar-refractivity contribution is -0.139. The summed E-state index contributed by atoms with van der Waals surface area (Å²) in [7, 11) is 0. The van der Waals surface area contributed by atoms with Crippen molar-refractivity contribution >= 4 is 11.6 Å². The molecule has 0 spiro atoms. The zero-order valence-corrected chi connectivity index (χ0v) is 12.3. The molecule has 1 aliphatic rings. The third kappa shape index (κ3) is 2.83. The first-order chi connectivity index (χ1) is 10.7. The SMILES string of the molecule is OC1c2c(C(F)(F)F)cn(-c3cc(F)cc(Cl)c3)c2CCC1F. The fourth-order valence-electron chi connectivity index (χ4n) is 2.89. The molecular weight excluding hydrogens is 341 g/mol. The highest BCUT2D eigenvalue weighted by Crippen LogP contribution is 2.43. The average molecular weight is 352 g/mol. The molecule has 1 aromatic carbocycles. The maximum absolute atomic E-state index is 13.7. The van der Waals surface area contributed by atoms with Crippen molar-refractivity contribution in [2.45, 2.75) is 31.3 Å². The van der Waals surface area contributed by atoms with Gasteiger partial charge in [-0.1, -0.05) is 11.6 Å². The molecule has 8 heteroatoms.